The van der Waals surface area contributed by atoms with Crippen LogP contribution < -0.4 is 10.6 Å². The van der Waals surface area contributed by atoms with Gasteiger partial charge in [-0.2, -0.15) is 0 Å². The minimum Gasteiger partial charge on any atom is -0.481 e. The number of benzene rings is 1. The fourth-order valence-electron chi connectivity index (χ4n) is 4.15. The Kier molecular flexibility index (Phi) is 4.52. The van der Waals surface area contributed by atoms with Crippen LogP contribution >= 0.6 is 0 Å². The molecule has 0 spiro atoms. The van der Waals surface area contributed by atoms with E-state index in [4.69, 9.17) is 5.11 Å². The van der Waals surface area contributed by atoms with Gasteiger partial charge in [-0.25, -0.2) is 4.79 Å². The second kappa shape index (κ2) is 6.46. The van der Waals surface area contributed by atoms with Crippen molar-refractivity contribution in [2.24, 2.45) is 5.92 Å². The van der Waals surface area contributed by atoms with Gasteiger partial charge in [-0.1, -0.05) is 38.1 Å². The van der Waals surface area contributed by atoms with Gasteiger partial charge in [-0.15, -0.1) is 0 Å². The number of fused-ring (bicyclic) bond motifs is 1. The summed E-state index contributed by atoms with van der Waals surface area (Å²) in [7, 11) is 0. The van der Waals surface area contributed by atoms with Crippen molar-refractivity contribution >= 4 is 12.0 Å². The van der Waals surface area contributed by atoms with Crippen LogP contribution in [0.2, 0.25) is 0 Å². The van der Waals surface area contributed by atoms with Crippen LogP contribution in [0, 0.1) is 5.92 Å². The van der Waals surface area contributed by atoms with Gasteiger partial charge >= 0.3 is 12.0 Å². The molecule has 2 aliphatic rings. The van der Waals surface area contributed by atoms with Crippen molar-refractivity contribution in [3.63, 3.8) is 0 Å². The van der Waals surface area contributed by atoms with E-state index in [-0.39, 0.29) is 29.4 Å². The number of amides is 2. The molecule has 2 amide bonds. The van der Waals surface area contributed by atoms with E-state index < -0.39 is 5.97 Å². The monoisotopic (exact) mass is 330 g/mol. The van der Waals surface area contributed by atoms with E-state index in [9.17, 15) is 9.59 Å². The number of aliphatic carboxylic acids is 1. The first-order chi connectivity index (χ1) is 11.4. The van der Waals surface area contributed by atoms with Gasteiger partial charge < -0.3 is 15.7 Å². The van der Waals surface area contributed by atoms with Crippen molar-refractivity contribution in [1.82, 2.24) is 10.6 Å². The summed E-state index contributed by atoms with van der Waals surface area (Å²) >= 11 is 0. The Morgan fingerprint density at radius 2 is 1.75 bits per heavy atom. The highest BCUT2D eigenvalue weighted by atomic mass is 16.4. The van der Waals surface area contributed by atoms with Crippen molar-refractivity contribution in [2.75, 3.05) is 0 Å². The van der Waals surface area contributed by atoms with Crippen LogP contribution in [0.15, 0.2) is 24.3 Å². The molecule has 0 aromatic heterocycles. The van der Waals surface area contributed by atoms with Crippen LogP contribution in [0.3, 0.4) is 0 Å². The Morgan fingerprint density at radius 1 is 1.08 bits per heavy atom. The maximum atomic E-state index is 12.4. The Morgan fingerprint density at radius 3 is 2.42 bits per heavy atom. The number of urea groups is 1. The van der Waals surface area contributed by atoms with Crippen molar-refractivity contribution in [3.8, 4) is 0 Å². The molecule has 1 unspecified atom stereocenters. The smallest absolute Gasteiger partial charge is 0.315 e. The highest BCUT2D eigenvalue weighted by Crippen LogP contribution is 2.44. The Labute approximate surface area is 142 Å². The number of hydrogen-bond acceptors (Lipinski definition) is 2. The van der Waals surface area contributed by atoms with Crippen LogP contribution in [-0.2, 0) is 10.2 Å². The van der Waals surface area contributed by atoms with E-state index in [1.165, 1.54) is 11.1 Å². The van der Waals surface area contributed by atoms with Crippen LogP contribution in [0.4, 0.5) is 4.79 Å². The summed E-state index contributed by atoms with van der Waals surface area (Å²) in [4.78, 5) is 23.4. The van der Waals surface area contributed by atoms with Crippen molar-refractivity contribution in [2.45, 2.75) is 63.5 Å². The Bertz CT molecular complexity index is 633. The first kappa shape index (κ1) is 16.8. The van der Waals surface area contributed by atoms with Gasteiger partial charge in [0.25, 0.3) is 0 Å². The predicted molar refractivity (Wildman–Crippen MR) is 91.9 cm³/mol. The minimum atomic E-state index is -0.720. The molecule has 1 fully saturated rings. The summed E-state index contributed by atoms with van der Waals surface area (Å²) in [6.07, 6.45) is 3.64. The molecule has 2 aliphatic carbocycles. The first-order valence-corrected chi connectivity index (χ1v) is 8.76. The maximum Gasteiger partial charge on any atom is 0.315 e. The third-order valence-electron chi connectivity index (χ3n) is 5.50. The summed E-state index contributed by atoms with van der Waals surface area (Å²) < 4.78 is 0. The highest BCUT2D eigenvalue weighted by Gasteiger charge is 2.37. The van der Waals surface area contributed by atoms with Crippen molar-refractivity contribution in [1.29, 1.82) is 0 Å². The SMILES string of the molecule is CC1(C)CC(NC(=O)NC2CCC(C(=O)O)CC2)c2ccccc21. The van der Waals surface area contributed by atoms with Gasteiger partial charge in [0, 0.05) is 6.04 Å². The molecule has 1 saturated carbocycles. The zero-order valence-corrected chi connectivity index (χ0v) is 14.3. The number of carboxylic acid groups (broad SMARTS) is 1. The summed E-state index contributed by atoms with van der Waals surface area (Å²) in [6.45, 7) is 4.41. The van der Waals surface area contributed by atoms with Crippen LogP contribution in [0.1, 0.15) is 63.1 Å². The second-order valence-corrected chi connectivity index (χ2v) is 7.73. The summed E-state index contributed by atoms with van der Waals surface area (Å²) in [5, 5.41) is 15.2. The molecule has 24 heavy (non-hydrogen) atoms. The van der Waals surface area contributed by atoms with E-state index in [1.54, 1.807) is 0 Å². The average Bonchev–Trinajstić information content (AvgIpc) is 2.79. The molecule has 0 aliphatic heterocycles. The van der Waals surface area contributed by atoms with Gasteiger partial charge in [-0.05, 0) is 48.6 Å². The van der Waals surface area contributed by atoms with Gasteiger partial charge in [0.15, 0.2) is 0 Å². The molecule has 1 atom stereocenters. The molecule has 1 aromatic rings. The number of carboxylic acids is 1. The lowest BCUT2D eigenvalue weighted by molar-refractivity contribution is -0.142. The molecule has 0 bridgehead atoms. The topological polar surface area (TPSA) is 78.4 Å². The van der Waals surface area contributed by atoms with Crippen LogP contribution in [-0.4, -0.2) is 23.1 Å². The minimum absolute atomic E-state index is 0.0339. The zero-order chi connectivity index (χ0) is 17.3. The molecule has 5 nitrogen and oxygen atoms in total. The zero-order valence-electron chi connectivity index (χ0n) is 14.3. The molecule has 130 valence electrons. The van der Waals surface area contributed by atoms with Crippen molar-refractivity contribution < 1.29 is 14.7 Å². The molecule has 3 N–H and O–H groups in total. The number of carbonyl (C=O) groups is 2. The maximum absolute atomic E-state index is 12.4. The Hall–Kier alpha value is -2.04. The quantitative estimate of drug-likeness (QED) is 0.795. The second-order valence-electron chi connectivity index (χ2n) is 7.73. The molecular weight excluding hydrogens is 304 g/mol. The molecule has 1 aromatic carbocycles. The predicted octanol–water partition coefficient (Wildman–Crippen LogP) is 3.35. The standard InChI is InChI=1S/C19H26N2O3/c1-19(2)11-16(14-5-3-4-6-15(14)19)21-18(24)20-13-9-7-12(8-10-13)17(22)23/h3-6,12-13,16H,7-11H2,1-2H3,(H,22,23)(H2,20,21,24). The van der Waals surface area contributed by atoms with Crippen LogP contribution in [0.25, 0.3) is 0 Å². The summed E-state index contributed by atoms with van der Waals surface area (Å²) in [5.74, 6) is -0.976. The van der Waals surface area contributed by atoms with Gasteiger partial charge in [0.05, 0.1) is 12.0 Å². The van der Waals surface area contributed by atoms with E-state index in [1.807, 2.05) is 12.1 Å². The normalized spacial score (nSPS) is 28.0. The fraction of sp³-hybridized carbons (Fsp3) is 0.579. The van der Waals surface area contributed by atoms with Gasteiger partial charge in [0.2, 0.25) is 0 Å². The molecule has 3 rings (SSSR count). The van der Waals surface area contributed by atoms with Gasteiger partial charge in [0.1, 0.15) is 0 Å². The Balaban J connectivity index is 1.56. The van der Waals surface area contributed by atoms with E-state index in [0.29, 0.717) is 12.8 Å². The fourth-order valence-corrected chi connectivity index (χ4v) is 4.15. The molecule has 0 heterocycles. The number of carbonyl (C=O) groups excluding carboxylic acids is 1. The highest BCUT2D eigenvalue weighted by molar-refractivity contribution is 5.75. The lowest BCUT2D eigenvalue weighted by Crippen LogP contribution is -2.45. The van der Waals surface area contributed by atoms with Crippen LogP contribution in [0.5, 0.6) is 0 Å². The van der Waals surface area contributed by atoms with Gasteiger partial charge in [-0.3, -0.25) is 4.79 Å². The lowest BCUT2D eigenvalue weighted by atomic mass is 9.86. The van der Waals surface area contributed by atoms with E-state index in [0.717, 1.165) is 19.3 Å². The lowest BCUT2D eigenvalue weighted by Gasteiger charge is -2.27. The van der Waals surface area contributed by atoms with E-state index in [2.05, 4.69) is 36.6 Å². The molecule has 0 saturated heterocycles. The number of nitrogens with one attached hydrogen (secondary N) is 2. The largest absolute Gasteiger partial charge is 0.481 e. The van der Waals surface area contributed by atoms with Crippen molar-refractivity contribution in [3.05, 3.63) is 35.4 Å². The average molecular weight is 330 g/mol. The molecule has 5 heteroatoms. The summed E-state index contributed by atoms with van der Waals surface area (Å²) in [5.41, 5.74) is 2.57. The van der Waals surface area contributed by atoms with E-state index >= 15 is 0 Å². The first-order valence-electron chi connectivity index (χ1n) is 8.76. The molecular formula is C19H26N2O3. The third-order valence-corrected chi connectivity index (χ3v) is 5.50. The molecule has 0 radical (unpaired) electrons. The number of rotatable bonds is 3. The summed E-state index contributed by atoms with van der Waals surface area (Å²) in [6, 6.07) is 8.25. The third kappa shape index (κ3) is 3.40. The number of hydrogen-bond donors (Lipinski definition) is 3.